The highest BCUT2D eigenvalue weighted by Crippen LogP contribution is 2.33. The molecule has 1 aromatic rings. The smallest absolute Gasteiger partial charge is 0.123 e. The van der Waals surface area contributed by atoms with Crippen LogP contribution in [-0.4, -0.2) is 16.2 Å². The number of anilines is 1. The van der Waals surface area contributed by atoms with Crippen molar-refractivity contribution in [3.05, 3.63) is 23.9 Å². The second kappa shape index (κ2) is 4.83. The topological polar surface area (TPSA) is 59.1 Å². The van der Waals surface area contributed by atoms with Crippen molar-refractivity contribution in [3.8, 4) is 0 Å². The highest BCUT2D eigenvalue weighted by Gasteiger charge is 2.27. The van der Waals surface area contributed by atoms with Gasteiger partial charge in [0.2, 0.25) is 0 Å². The molecule has 1 aliphatic carbocycles. The zero-order valence-electron chi connectivity index (χ0n) is 9.76. The molecule has 3 nitrogen and oxygen atoms in total. The molecular formula is C13H20N2O. The zero-order valence-corrected chi connectivity index (χ0v) is 9.76. The average Bonchev–Trinajstić information content (AvgIpc) is 2.65. The number of pyridine rings is 1. The highest BCUT2D eigenvalue weighted by molar-refractivity contribution is 5.32. The molecule has 1 aliphatic rings. The number of nitrogens with two attached hydrogens (primary N) is 1. The predicted molar refractivity (Wildman–Crippen MR) is 64.9 cm³/mol. The SMILES string of the molecule is CC1CCC(C(O)Cc2ccnc(N)c2)C1. The normalized spacial score (nSPS) is 26.9. The van der Waals surface area contributed by atoms with Crippen molar-refractivity contribution < 1.29 is 5.11 Å². The minimum Gasteiger partial charge on any atom is -0.392 e. The summed E-state index contributed by atoms with van der Waals surface area (Å²) in [5.74, 6) is 1.76. The minimum atomic E-state index is -0.230. The van der Waals surface area contributed by atoms with Crippen molar-refractivity contribution in [2.75, 3.05) is 5.73 Å². The molecule has 1 heterocycles. The van der Waals surface area contributed by atoms with Gasteiger partial charge in [0.05, 0.1) is 6.10 Å². The van der Waals surface area contributed by atoms with E-state index in [1.165, 1.54) is 6.42 Å². The fourth-order valence-corrected chi connectivity index (χ4v) is 2.63. The Hall–Kier alpha value is -1.09. The maximum Gasteiger partial charge on any atom is 0.123 e. The van der Waals surface area contributed by atoms with Gasteiger partial charge < -0.3 is 10.8 Å². The number of aliphatic hydroxyl groups excluding tert-OH is 1. The van der Waals surface area contributed by atoms with E-state index in [4.69, 9.17) is 5.73 Å². The van der Waals surface area contributed by atoms with E-state index in [-0.39, 0.29) is 6.10 Å². The molecule has 3 N–H and O–H groups in total. The quantitative estimate of drug-likeness (QED) is 0.819. The van der Waals surface area contributed by atoms with Crippen LogP contribution in [-0.2, 0) is 6.42 Å². The van der Waals surface area contributed by atoms with Crippen molar-refractivity contribution in [2.45, 2.75) is 38.7 Å². The van der Waals surface area contributed by atoms with E-state index >= 15 is 0 Å². The molecule has 16 heavy (non-hydrogen) atoms. The van der Waals surface area contributed by atoms with Crippen LogP contribution in [0.5, 0.6) is 0 Å². The first-order valence-electron chi connectivity index (χ1n) is 6.03. The Bertz CT molecular complexity index is 354. The molecule has 2 rings (SSSR count). The van der Waals surface area contributed by atoms with Crippen LogP contribution in [0.2, 0.25) is 0 Å². The number of nitrogens with zero attached hydrogens (tertiary/aromatic N) is 1. The molecule has 0 bridgehead atoms. The molecule has 0 aliphatic heterocycles. The number of rotatable bonds is 3. The summed E-state index contributed by atoms with van der Waals surface area (Å²) in [7, 11) is 0. The largest absolute Gasteiger partial charge is 0.392 e. The molecule has 1 aromatic heterocycles. The molecule has 3 heteroatoms. The third kappa shape index (κ3) is 2.73. The van der Waals surface area contributed by atoms with E-state index in [1.54, 1.807) is 6.20 Å². The molecule has 88 valence electrons. The lowest BCUT2D eigenvalue weighted by molar-refractivity contribution is 0.109. The molecule has 0 spiro atoms. The van der Waals surface area contributed by atoms with Crippen molar-refractivity contribution in [1.29, 1.82) is 0 Å². The Balaban J connectivity index is 1.94. The monoisotopic (exact) mass is 220 g/mol. The van der Waals surface area contributed by atoms with Crippen LogP contribution >= 0.6 is 0 Å². The van der Waals surface area contributed by atoms with E-state index in [0.29, 0.717) is 18.2 Å². The van der Waals surface area contributed by atoms with Gasteiger partial charge in [0.25, 0.3) is 0 Å². The van der Waals surface area contributed by atoms with Crippen LogP contribution in [0, 0.1) is 11.8 Å². The lowest BCUT2D eigenvalue weighted by atomic mass is 9.94. The van der Waals surface area contributed by atoms with Crippen molar-refractivity contribution in [3.63, 3.8) is 0 Å². The lowest BCUT2D eigenvalue weighted by Gasteiger charge is -2.18. The van der Waals surface area contributed by atoms with E-state index in [2.05, 4.69) is 11.9 Å². The van der Waals surface area contributed by atoms with E-state index in [9.17, 15) is 5.11 Å². The van der Waals surface area contributed by atoms with Gasteiger partial charge in [0.1, 0.15) is 5.82 Å². The third-order valence-corrected chi connectivity index (χ3v) is 3.57. The van der Waals surface area contributed by atoms with Crippen molar-refractivity contribution in [1.82, 2.24) is 4.98 Å². The number of hydrogen-bond acceptors (Lipinski definition) is 3. The maximum atomic E-state index is 10.1. The zero-order chi connectivity index (χ0) is 11.5. The van der Waals surface area contributed by atoms with Crippen LogP contribution in [0.4, 0.5) is 5.82 Å². The Kier molecular flexibility index (Phi) is 3.44. The Morgan fingerprint density at radius 1 is 1.56 bits per heavy atom. The summed E-state index contributed by atoms with van der Waals surface area (Å²) in [6, 6.07) is 3.78. The van der Waals surface area contributed by atoms with Crippen molar-refractivity contribution >= 4 is 5.82 Å². The molecule has 1 fully saturated rings. The van der Waals surface area contributed by atoms with Gasteiger partial charge in [-0.2, -0.15) is 0 Å². The molecule has 0 aromatic carbocycles. The fraction of sp³-hybridized carbons (Fsp3) is 0.615. The van der Waals surface area contributed by atoms with Gasteiger partial charge in [-0.15, -0.1) is 0 Å². The van der Waals surface area contributed by atoms with E-state index < -0.39 is 0 Å². The van der Waals surface area contributed by atoms with Gasteiger partial charge in [-0.05, 0) is 48.8 Å². The van der Waals surface area contributed by atoms with Gasteiger partial charge >= 0.3 is 0 Å². The molecule has 1 saturated carbocycles. The van der Waals surface area contributed by atoms with E-state index in [0.717, 1.165) is 24.3 Å². The molecule has 0 saturated heterocycles. The molecule has 0 radical (unpaired) electrons. The molecular weight excluding hydrogens is 200 g/mol. The number of aliphatic hydroxyl groups is 1. The van der Waals surface area contributed by atoms with Gasteiger partial charge in [-0.1, -0.05) is 13.3 Å². The van der Waals surface area contributed by atoms with Crippen LogP contribution in [0.3, 0.4) is 0 Å². The Morgan fingerprint density at radius 3 is 3.00 bits per heavy atom. The lowest BCUT2D eigenvalue weighted by Crippen LogP contribution is -2.20. The summed E-state index contributed by atoms with van der Waals surface area (Å²) in [5.41, 5.74) is 6.70. The molecule has 3 unspecified atom stereocenters. The summed E-state index contributed by atoms with van der Waals surface area (Å²) in [6.45, 7) is 2.26. The highest BCUT2D eigenvalue weighted by atomic mass is 16.3. The molecule has 0 amide bonds. The summed E-state index contributed by atoms with van der Waals surface area (Å²) >= 11 is 0. The fourth-order valence-electron chi connectivity index (χ4n) is 2.63. The van der Waals surface area contributed by atoms with Crippen LogP contribution in [0.15, 0.2) is 18.3 Å². The van der Waals surface area contributed by atoms with Crippen LogP contribution < -0.4 is 5.73 Å². The molecule has 3 atom stereocenters. The Morgan fingerprint density at radius 2 is 2.38 bits per heavy atom. The summed E-state index contributed by atoms with van der Waals surface area (Å²) in [4.78, 5) is 3.95. The van der Waals surface area contributed by atoms with Gasteiger partial charge in [0.15, 0.2) is 0 Å². The second-order valence-electron chi connectivity index (χ2n) is 5.04. The summed E-state index contributed by atoms with van der Waals surface area (Å²) < 4.78 is 0. The first-order chi connectivity index (χ1) is 7.65. The van der Waals surface area contributed by atoms with Gasteiger partial charge in [-0.3, -0.25) is 0 Å². The maximum absolute atomic E-state index is 10.1. The summed E-state index contributed by atoms with van der Waals surface area (Å²) in [5, 5.41) is 10.1. The van der Waals surface area contributed by atoms with E-state index in [1.807, 2.05) is 12.1 Å². The number of aromatic nitrogens is 1. The minimum absolute atomic E-state index is 0.230. The van der Waals surface area contributed by atoms with Crippen LogP contribution in [0.1, 0.15) is 31.7 Å². The first-order valence-corrected chi connectivity index (χ1v) is 6.03. The average molecular weight is 220 g/mol. The standard InChI is InChI=1S/C13H20N2O/c1-9-2-3-11(6-9)12(16)7-10-4-5-15-13(14)8-10/h4-5,8-9,11-12,16H,2-3,6-7H2,1H3,(H2,14,15). The van der Waals surface area contributed by atoms with Gasteiger partial charge in [0, 0.05) is 6.20 Å². The van der Waals surface area contributed by atoms with Crippen LogP contribution in [0.25, 0.3) is 0 Å². The summed E-state index contributed by atoms with van der Waals surface area (Å²) in [6.07, 6.45) is 5.73. The number of nitrogen functional groups attached to an aromatic ring is 1. The second-order valence-corrected chi connectivity index (χ2v) is 5.04. The van der Waals surface area contributed by atoms with Crippen molar-refractivity contribution in [2.24, 2.45) is 11.8 Å². The van der Waals surface area contributed by atoms with Gasteiger partial charge in [-0.25, -0.2) is 4.98 Å². The number of hydrogen-bond donors (Lipinski definition) is 2. The Labute approximate surface area is 96.7 Å². The first kappa shape index (κ1) is 11.4. The third-order valence-electron chi connectivity index (χ3n) is 3.57. The predicted octanol–water partition coefficient (Wildman–Crippen LogP) is 2.00.